The molecule has 0 saturated heterocycles. The molecule has 0 atom stereocenters. The highest BCUT2D eigenvalue weighted by Crippen LogP contribution is 2.36. The van der Waals surface area contributed by atoms with E-state index >= 15 is 0 Å². The van der Waals surface area contributed by atoms with E-state index in [-0.39, 0.29) is 18.4 Å². The van der Waals surface area contributed by atoms with Gasteiger partial charge in [0.05, 0.1) is 10.4 Å². The van der Waals surface area contributed by atoms with E-state index in [9.17, 15) is 8.42 Å². The molecule has 0 amide bonds. The molecule has 3 N–H and O–H groups in total. The largest absolute Gasteiger partial charge is 0.339 e. The lowest BCUT2D eigenvalue weighted by Crippen LogP contribution is -2.44. The SMILES string of the molecule is Cl.NC1(c2noc(CCc3ccc(S(=O)(=O)NC4CC4)cc3)n2)CCC1. The van der Waals surface area contributed by atoms with Gasteiger partial charge >= 0.3 is 0 Å². The Bertz CT molecular complexity index is 858. The first-order valence-electron chi connectivity index (χ1n) is 8.68. The van der Waals surface area contributed by atoms with Crippen molar-refractivity contribution in [2.75, 3.05) is 0 Å². The number of hydrogen-bond donors (Lipinski definition) is 2. The number of aryl methyl sites for hydroxylation is 2. The van der Waals surface area contributed by atoms with Crippen LogP contribution in [0.15, 0.2) is 33.7 Å². The van der Waals surface area contributed by atoms with Crippen LogP contribution in [0.1, 0.15) is 49.4 Å². The minimum atomic E-state index is -3.40. The Hall–Kier alpha value is -1.48. The molecule has 7 nitrogen and oxygen atoms in total. The molecule has 0 aliphatic heterocycles. The minimum absolute atomic E-state index is 0. The van der Waals surface area contributed by atoms with Crippen molar-refractivity contribution in [3.63, 3.8) is 0 Å². The van der Waals surface area contributed by atoms with Crippen LogP contribution < -0.4 is 10.5 Å². The number of aromatic nitrogens is 2. The number of benzene rings is 1. The maximum absolute atomic E-state index is 12.1. The van der Waals surface area contributed by atoms with E-state index in [4.69, 9.17) is 10.3 Å². The summed E-state index contributed by atoms with van der Waals surface area (Å²) in [6.45, 7) is 0. The van der Waals surface area contributed by atoms with Crippen LogP contribution in [0.25, 0.3) is 0 Å². The molecule has 0 bridgehead atoms. The molecule has 1 heterocycles. The van der Waals surface area contributed by atoms with Crippen molar-refractivity contribution in [3.05, 3.63) is 41.5 Å². The van der Waals surface area contributed by atoms with Gasteiger partial charge in [-0.25, -0.2) is 13.1 Å². The number of rotatable bonds is 7. The van der Waals surface area contributed by atoms with E-state index in [1.54, 1.807) is 12.1 Å². The quantitative estimate of drug-likeness (QED) is 0.738. The topological polar surface area (TPSA) is 111 Å². The molecule has 0 unspecified atom stereocenters. The Labute approximate surface area is 159 Å². The first kappa shape index (κ1) is 19.3. The predicted octanol–water partition coefficient (Wildman–Crippen LogP) is 2.06. The molecule has 2 aliphatic rings. The van der Waals surface area contributed by atoms with Gasteiger partial charge in [0.2, 0.25) is 15.9 Å². The second-order valence-corrected chi connectivity index (χ2v) is 8.77. The van der Waals surface area contributed by atoms with Gasteiger partial charge < -0.3 is 10.3 Å². The van der Waals surface area contributed by atoms with Gasteiger partial charge in [-0.1, -0.05) is 17.3 Å². The summed E-state index contributed by atoms with van der Waals surface area (Å²) in [5.41, 5.74) is 6.81. The second kappa shape index (κ2) is 7.26. The Kier molecular flexibility index (Phi) is 5.39. The summed E-state index contributed by atoms with van der Waals surface area (Å²) in [7, 11) is -3.40. The zero-order valence-electron chi connectivity index (χ0n) is 14.3. The molecule has 2 fully saturated rings. The highest BCUT2D eigenvalue weighted by Gasteiger charge is 2.38. The molecule has 1 aromatic carbocycles. The molecule has 2 saturated carbocycles. The summed E-state index contributed by atoms with van der Waals surface area (Å²) >= 11 is 0. The Morgan fingerprint density at radius 2 is 1.88 bits per heavy atom. The lowest BCUT2D eigenvalue weighted by molar-refractivity contribution is 0.229. The molecule has 2 aromatic rings. The molecule has 9 heteroatoms. The van der Waals surface area contributed by atoms with Gasteiger partial charge in [-0.15, -0.1) is 12.4 Å². The zero-order valence-corrected chi connectivity index (χ0v) is 16.0. The first-order valence-corrected chi connectivity index (χ1v) is 10.2. The lowest BCUT2D eigenvalue weighted by Gasteiger charge is -2.34. The predicted molar refractivity (Wildman–Crippen MR) is 98.5 cm³/mol. The van der Waals surface area contributed by atoms with Gasteiger partial charge in [0.15, 0.2) is 5.82 Å². The van der Waals surface area contributed by atoms with Crippen LogP contribution in [0.2, 0.25) is 0 Å². The van der Waals surface area contributed by atoms with Gasteiger partial charge in [0.1, 0.15) is 0 Å². The van der Waals surface area contributed by atoms with E-state index in [1.165, 1.54) is 0 Å². The third-order valence-electron chi connectivity index (χ3n) is 4.92. The van der Waals surface area contributed by atoms with Crippen LogP contribution in [0.4, 0.5) is 0 Å². The van der Waals surface area contributed by atoms with Gasteiger partial charge in [0, 0.05) is 12.5 Å². The van der Waals surface area contributed by atoms with Crippen molar-refractivity contribution in [2.45, 2.75) is 61.4 Å². The van der Waals surface area contributed by atoms with Crippen LogP contribution in [0, 0.1) is 0 Å². The van der Waals surface area contributed by atoms with E-state index in [0.29, 0.717) is 29.5 Å². The number of nitrogens with zero attached hydrogens (tertiary/aromatic N) is 2. The standard InChI is InChI=1S/C17H22N4O3S.ClH/c18-17(10-1-11-17)16-19-15(24-20-16)9-4-12-2-7-14(8-3-12)25(22,23)21-13-5-6-13;/h2-3,7-8,13,21H,1,4-6,9-11,18H2;1H. The van der Waals surface area contributed by atoms with E-state index in [0.717, 1.165) is 37.7 Å². The first-order chi connectivity index (χ1) is 11.9. The molecule has 142 valence electrons. The molecule has 2 aliphatic carbocycles. The van der Waals surface area contributed by atoms with Gasteiger partial charge in [-0.2, -0.15) is 4.98 Å². The van der Waals surface area contributed by atoms with E-state index in [2.05, 4.69) is 14.9 Å². The monoisotopic (exact) mass is 398 g/mol. The second-order valence-electron chi connectivity index (χ2n) is 7.06. The number of hydrogen-bond acceptors (Lipinski definition) is 6. The summed E-state index contributed by atoms with van der Waals surface area (Å²) in [6, 6.07) is 7.05. The zero-order chi connectivity index (χ0) is 17.5. The Morgan fingerprint density at radius 3 is 2.46 bits per heavy atom. The average Bonchev–Trinajstić information content (AvgIpc) is 3.23. The number of halogens is 1. The van der Waals surface area contributed by atoms with Crippen LogP contribution in [0.5, 0.6) is 0 Å². The molecule has 0 radical (unpaired) electrons. The van der Waals surface area contributed by atoms with Crippen molar-refractivity contribution in [1.82, 2.24) is 14.9 Å². The van der Waals surface area contributed by atoms with Crippen molar-refractivity contribution in [1.29, 1.82) is 0 Å². The van der Waals surface area contributed by atoms with Crippen LogP contribution in [0.3, 0.4) is 0 Å². The van der Waals surface area contributed by atoms with Crippen LogP contribution in [-0.2, 0) is 28.4 Å². The van der Waals surface area contributed by atoms with Crippen LogP contribution >= 0.6 is 12.4 Å². The fourth-order valence-corrected chi connectivity index (χ4v) is 4.22. The van der Waals surface area contributed by atoms with Crippen molar-refractivity contribution < 1.29 is 12.9 Å². The summed E-state index contributed by atoms with van der Waals surface area (Å²) in [5.74, 6) is 1.17. The third-order valence-corrected chi connectivity index (χ3v) is 6.46. The summed E-state index contributed by atoms with van der Waals surface area (Å²) in [6.07, 6.45) is 6.06. The van der Waals surface area contributed by atoms with Crippen molar-refractivity contribution in [3.8, 4) is 0 Å². The number of sulfonamides is 1. The molecule has 0 spiro atoms. The van der Waals surface area contributed by atoms with Gasteiger partial charge in [0.25, 0.3) is 0 Å². The summed E-state index contributed by atoms with van der Waals surface area (Å²) in [5, 5.41) is 4.00. The highest BCUT2D eigenvalue weighted by atomic mass is 35.5. The maximum Gasteiger partial charge on any atom is 0.240 e. The molecule has 1 aromatic heterocycles. The summed E-state index contributed by atoms with van der Waals surface area (Å²) < 4.78 is 32.3. The fourth-order valence-electron chi connectivity index (χ4n) is 2.92. The third kappa shape index (κ3) is 4.09. The maximum atomic E-state index is 12.1. The van der Waals surface area contributed by atoms with Crippen molar-refractivity contribution >= 4 is 22.4 Å². The van der Waals surface area contributed by atoms with Gasteiger partial charge in [-0.3, -0.25) is 0 Å². The van der Waals surface area contributed by atoms with E-state index < -0.39 is 15.6 Å². The molecular weight excluding hydrogens is 376 g/mol. The lowest BCUT2D eigenvalue weighted by atomic mass is 9.77. The van der Waals surface area contributed by atoms with E-state index in [1.807, 2.05) is 12.1 Å². The molecule has 26 heavy (non-hydrogen) atoms. The highest BCUT2D eigenvalue weighted by molar-refractivity contribution is 7.89. The minimum Gasteiger partial charge on any atom is -0.339 e. The van der Waals surface area contributed by atoms with Crippen molar-refractivity contribution in [2.24, 2.45) is 5.73 Å². The summed E-state index contributed by atoms with van der Waals surface area (Å²) in [4.78, 5) is 4.71. The smallest absolute Gasteiger partial charge is 0.240 e. The molecule has 4 rings (SSSR count). The normalized spacial score (nSPS) is 18.8. The van der Waals surface area contributed by atoms with Gasteiger partial charge in [-0.05, 0) is 56.2 Å². The Morgan fingerprint density at radius 1 is 1.19 bits per heavy atom. The van der Waals surface area contributed by atoms with Crippen LogP contribution in [-0.4, -0.2) is 24.6 Å². The Balaban J connectivity index is 0.00000196. The molecular formula is C17H23ClN4O3S. The number of nitrogens with one attached hydrogen (secondary N) is 1. The fraction of sp³-hybridized carbons (Fsp3) is 0.529. The average molecular weight is 399 g/mol. The number of nitrogens with two attached hydrogens (primary N) is 1.